The standard InChI is InChI=1S/C12H19FN2/c1-11(2,3)8-7-14-10(12(4,5)6)15-9(8)13/h7H,1-6H3. The summed E-state index contributed by atoms with van der Waals surface area (Å²) in [6.07, 6.45) is 1.60. The SMILES string of the molecule is CC(C)(C)c1ncc(C(C)(C)C)c(F)n1. The highest BCUT2D eigenvalue weighted by atomic mass is 19.1. The Morgan fingerprint density at radius 2 is 1.53 bits per heavy atom. The first-order valence-electron chi connectivity index (χ1n) is 5.16. The van der Waals surface area contributed by atoms with Gasteiger partial charge in [0.15, 0.2) is 0 Å². The molecular weight excluding hydrogens is 191 g/mol. The molecule has 1 rings (SSSR count). The summed E-state index contributed by atoms with van der Waals surface area (Å²) in [5.41, 5.74) is 0.105. The smallest absolute Gasteiger partial charge is 0.219 e. The molecule has 0 amide bonds. The Kier molecular flexibility index (Phi) is 2.85. The highest BCUT2D eigenvalue weighted by Gasteiger charge is 2.24. The third-order valence-corrected chi connectivity index (χ3v) is 2.22. The fourth-order valence-corrected chi connectivity index (χ4v) is 1.23. The molecule has 0 aliphatic heterocycles. The molecule has 1 aromatic rings. The van der Waals surface area contributed by atoms with Crippen molar-refractivity contribution in [1.29, 1.82) is 0 Å². The quantitative estimate of drug-likeness (QED) is 0.614. The van der Waals surface area contributed by atoms with Crippen LogP contribution in [0.3, 0.4) is 0 Å². The Morgan fingerprint density at radius 1 is 1.00 bits per heavy atom. The Bertz CT molecular complexity index is 359. The molecule has 84 valence electrons. The van der Waals surface area contributed by atoms with Gasteiger partial charge in [-0.25, -0.2) is 9.97 Å². The third kappa shape index (κ3) is 2.74. The molecule has 0 bridgehead atoms. The van der Waals surface area contributed by atoms with Crippen molar-refractivity contribution in [3.05, 3.63) is 23.5 Å². The van der Waals surface area contributed by atoms with Crippen molar-refractivity contribution in [3.8, 4) is 0 Å². The highest BCUT2D eigenvalue weighted by molar-refractivity contribution is 5.19. The second-order valence-electron chi connectivity index (χ2n) is 5.90. The van der Waals surface area contributed by atoms with Crippen molar-refractivity contribution >= 4 is 0 Å². The lowest BCUT2D eigenvalue weighted by Gasteiger charge is -2.21. The number of hydrogen-bond acceptors (Lipinski definition) is 2. The molecular formula is C12H19FN2. The van der Waals surface area contributed by atoms with E-state index in [-0.39, 0.29) is 10.8 Å². The monoisotopic (exact) mass is 210 g/mol. The average molecular weight is 210 g/mol. The van der Waals surface area contributed by atoms with Gasteiger partial charge in [-0.05, 0) is 5.41 Å². The fraction of sp³-hybridized carbons (Fsp3) is 0.667. The van der Waals surface area contributed by atoms with Crippen LogP contribution in [0.5, 0.6) is 0 Å². The van der Waals surface area contributed by atoms with E-state index in [1.807, 2.05) is 41.5 Å². The summed E-state index contributed by atoms with van der Waals surface area (Å²) < 4.78 is 13.7. The van der Waals surface area contributed by atoms with Crippen molar-refractivity contribution in [2.24, 2.45) is 0 Å². The van der Waals surface area contributed by atoms with Crippen LogP contribution in [0.4, 0.5) is 4.39 Å². The van der Waals surface area contributed by atoms with Gasteiger partial charge in [0.1, 0.15) is 5.82 Å². The van der Waals surface area contributed by atoms with Gasteiger partial charge in [-0.15, -0.1) is 0 Å². The molecule has 0 atom stereocenters. The minimum absolute atomic E-state index is 0.211. The molecule has 0 N–H and O–H groups in total. The Balaban J connectivity index is 3.21. The lowest BCUT2D eigenvalue weighted by Crippen LogP contribution is -2.21. The number of halogens is 1. The van der Waals surface area contributed by atoms with Crippen LogP contribution >= 0.6 is 0 Å². The summed E-state index contributed by atoms with van der Waals surface area (Å²) in [6.45, 7) is 11.8. The molecule has 0 aliphatic rings. The van der Waals surface area contributed by atoms with E-state index < -0.39 is 5.95 Å². The van der Waals surface area contributed by atoms with Gasteiger partial charge >= 0.3 is 0 Å². The summed E-state index contributed by atoms with van der Waals surface area (Å²) in [5, 5.41) is 0. The second kappa shape index (κ2) is 3.54. The summed E-state index contributed by atoms with van der Waals surface area (Å²) >= 11 is 0. The zero-order valence-electron chi connectivity index (χ0n) is 10.3. The van der Waals surface area contributed by atoms with Crippen molar-refractivity contribution in [3.63, 3.8) is 0 Å². The van der Waals surface area contributed by atoms with Gasteiger partial charge in [0.05, 0.1) is 0 Å². The van der Waals surface area contributed by atoms with Crippen LogP contribution in [0, 0.1) is 5.95 Å². The molecule has 0 radical (unpaired) electrons. The second-order valence-corrected chi connectivity index (χ2v) is 5.90. The normalized spacial score (nSPS) is 13.0. The van der Waals surface area contributed by atoms with Crippen LogP contribution in [0.25, 0.3) is 0 Å². The van der Waals surface area contributed by atoms with Crippen molar-refractivity contribution in [2.45, 2.75) is 52.4 Å². The van der Waals surface area contributed by atoms with E-state index in [4.69, 9.17) is 0 Å². The number of aromatic nitrogens is 2. The summed E-state index contributed by atoms with van der Waals surface area (Å²) in [7, 11) is 0. The molecule has 15 heavy (non-hydrogen) atoms. The minimum Gasteiger partial charge on any atom is -0.240 e. The third-order valence-electron chi connectivity index (χ3n) is 2.22. The van der Waals surface area contributed by atoms with Gasteiger partial charge in [0, 0.05) is 17.2 Å². The van der Waals surface area contributed by atoms with Crippen LogP contribution < -0.4 is 0 Å². The highest BCUT2D eigenvalue weighted by Crippen LogP contribution is 2.25. The predicted molar refractivity (Wildman–Crippen MR) is 59.4 cm³/mol. The van der Waals surface area contributed by atoms with Crippen LogP contribution in [0.1, 0.15) is 52.9 Å². The first kappa shape index (κ1) is 12.1. The first-order chi connectivity index (χ1) is 6.62. The minimum atomic E-state index is -0.401. The number of hydrogen-bond donors (Lipinski definition) is 0. The van der Waals surface area contributed by atoms with Gasteiger partial charge in [0.25, 0.3) is 0 Å². The van der Waals surface area contributed by atoms with Crippen molar-refractivity contribution in [2.75, 3.05) is 0 Å². The van der Waals surface area contributed by atoms with Crippen LogP contribution in [-0.4, -0.2) is 9.97 Å². The molecule has 0 unspecified atom stereocenters. The van der Waals surface area contributed by atoms with Crippen LogP contribution in [0.2, 0.25) is 0 Å². The van der Waals surface area contributed by atoms with Gasteiger partial charge in [-0.1, -0.05) is 41.5 Å². The van der Waals surface area contributed by atoms with E-state index in [0.717, 1.165) is 0 Å². The average Bonchev–Trinajstić information content (AvgIpc) is 1.99. The molecule has 0 fully saturated rings. The van der Waals surface area contributed by atoms with E-state index >= 15 is 0 Å². The summed E-state index contributed by atoms with van der Waals surface area (Å²) in [5.74, 6) is 0.149. The maximum absolute atomic E-state index is 13.7. The Labute approximate surface area is 91.0 Å². The molecule has 2 nitrogen and oxygen atoms in total. The Morgan fingerprint density at radius 3 is 1.87 bits per heavy atom. The lowest BCUT2D eigenvalue weighted by atomic mass is 9.88. The van der Waals surface area contributed by atoms with Crippen molar-refractivity contribution < 1.29 is 4.39 Å². The van der Waals surface area contributed by atoms with E-state index in [1.165, 1.54) is 0 Å². The summed E-state index contributed by atoms with van der Waals surface area (Å²) in [4.78, 5) is 8.16. The molecule has 1 heterocycles. The zero-order valence-corrected chi connectivity index (χ0v) is 10.3. The molecule has 0 aliphatic carbocycles. The molecule has 0 aromatic carbocycles. The predicted octanol–water partition coefficient (Wildman–Crippen LogP) is 3.21. The van der Waals surface area contributed by atoms with Crippen LogP contribution in [-0.2, 0) is 10.8 Å². The maximum Gasteiger partial charge on any atom is 0.219 e. The Hall–Kier alpha value is -0.990. The van der Waals surface area contributed by atoms with E-state index in [2.05, 4.69) is 9.97 Å². The van der Waals surface area contributed by atoms with E-state index in [1.54, 1.807) is 6.20 Å². The molecule has 0 spiro atoms. The van der Waals surface area contributed by atoms with Gasteiger partial charge in [-0.3, -0.25) is 0 Å². The molecule has 0 saturated heterocycles. The lowest BCUT2D eigenvalue weighted by molar-refractivity contribution is 0.462. The zero-order chi connectivity index (χ0) is 11.9. The largest absolute Gasteiger partial charge is 0.240 e. The first-order valence-corrected chi connectivity index (χ1v) is 5.16. The topological polar surface area (TPSA) is 25.8 Å². The molecule has 3 heteroatoms. The molecule has 1 aromatic heterocycles. The summed E-state index contributed by atoms with van der Waals surface area (Å²) in [6, 6.07) is 0. The van der Waals surface area contributed by atoms with Gasteiger partial charge < -0.3 is 0 Å². The fourth-order valence-electron chi connectivity index (χ4n) is 1.23. The van der Waals surface area contributed by atoms with Crippen LogP contribution in [0.15, 0.2) is 6.20 Å². The van der Waals surface area contributed by atoms with Crippen molar-refractivity contribution in [1.82, 2.24) is 9.97 Å². The van der Waals surface area contributed by atoms with E-state index in [9.17, 15) is 4.39 Å². The van der Waals surface area contributed by atoms with E-state index in [0.29, 0.717) is 11.4 Å². The van der Waals surface area contributed by atoms with Gasteiger partial charge in [-0.2, -0.15) is 4.39 Å². The molecule has 0 saturated carbocycles. The number of rotatable bonds is 0. The number of nitrogens with zero attached hydrogens (tertiary/aromatic N) is 2. The maximum atomic E-state index is 13.7. The van der Waals surface area contributed by atoms with Gasteiger partial charge in [0.2, 0.25) is 5.95 Å².